The SMILES string of the molecule is Cc1cc(C(F)(F)F)ccc1-c1ncnc(Cl)c1C. The van der Waals surface area contributed by atoms with Crippen LogP contribution >= 0.6 is 11.6 Å². The van der Waals surface area contributed by atoms with Crippen molar-refractivity contribution in [2.75, 3.05) is 0 Å². The molecule has 2 nitrogen and oxygen atoms in total. The van der Waals surface area contributed by atoms with Crippen LogP contribution < -0.4 is 0 Å². The van der Waals surface area contributed by atoms with Gasteiger partial charge >= 0.3 is 6.18 Å². The molecule has 2 aromatic rings. The number of aromatic nitrogens is 2. The standard InChI is InChI=1S/C13H10ClF3N2/c1-7-5-9(13(15,16)17)3-4-10(7)11-8(2)12(14)19-6-18-11/h3-6H,1-2H3. The van der Waals surface area contributed by atoms with E-state index in [-0.39, 0.29) is 0 Å². The van der Waals surface area contributed by atoms with Gasteiger partial charge in [-0.05, 0) is 31.5 Å². The molecule has 1 heterocycles. The molecule has 0 bridgehead atoms. The monoisotopic (exact) mass is 286 g/mol. The minimum absolute atomic E-state index is 0.296. The number of benzene rings is 1. The van der Waals surface area contributed by atoms with Gasteiger partial charge < -0.3 is 0 Å². The van der Waals surface area contributed by atoms with E-state index in [4.69, 9.17) is 11.6 Å². The molecule has 100 valence electrons. The summed E-state index contributed by atoms with van der Waals surface area (Å²) < 4.78 is 37.8. The second-order valence-corrected chi connectivity index (χ2v) is 4.52. The Bertz CT molecular complexity index is 624. The molecule has 0 amide bonds. The van der Waals surface area contributed by atoms with Crippen LogP contribution in [0.4, 0.5) is 13.2 Å². The Kier molecular flexibility index (Phi) is 3.49. The number of alkyl halides is 3. The van der Waals surface area contributed by atoms with Gasteiger partial charge in [-0.2, -0.15) is 13.2 Å². The van der Waals surface area contributed by atoms with Crippen LogP contribution in [0.1, 0.15) is 16.7 Å². The van der Waals surface area contributed by atoms with Gasteiger partial charge in [0.05, 0.1) is 11.3 Å². The smallest absolute Gasteiger partial charge is 0.236 e. The van der Waals surface area contributed by atoms with Crippen LogP contribution in [-0.2, 0) is 6.18 Å². The quantitative estimate of drug-likeness (QED) is 0.725. The van der Waals surface area contributed by atoms with Crippen molar-refractivity contribution in [1.82, 2.24) is 9.97 Å². The molecular weight excluding hydrogens is 277 g/mol. The minimum Gasteiger partial charge on any atom is -0.236 e. The Hall–Kier alpha value is -1.62. The summed E-state index contributed by atoms with van der Waals surface area (Å²) in [6, 6.07) is 3.55. The Morgan fingerprint density at radius 1 is 1.11 bits per heavy atom. The fourth-order valence-electron chi connectivity index (χ4n) is 1.81. The van der Waals surface area contributed by atoms with Gasteiger partial charge in [-0.1, -0.05) is 17.7 Å². The molecule has 0 aliphatic carbocycles. The molecule has 0 fully saturated rings. The van der Waals surface area contributed by atoms with E-state index in [1.165, 1.54) is 12.4 Å². The lowest BCUT2D eigenvalue weighted by Crippen LogP contribution is -2.05. The summed E-state index contributed by atoms with van der Waals surface area (Å²) in [4.78, 5) is 7.91. The van der Waals surface area contributed by atoms with Crippen molar-refractivity contribution < 1.29 is 13.2 Å². The summed E-state index contributed by atoms with van der Waals surface area (Å²) in [6.07, 6.45) is -3.05. The molecule has 1 aromatic heterocycles. The van der Waals surface area contributed by atoms with Crippen LogP contribution in [0.25, 0.3) is 11.3 Å². The average Bonchev–Trinajstić information content (AvgIpc) is 2.32. The molecule has 0 saturated heterocycles. The molecular formula is C13H10ClF3N2. The summed E-state index contributed by atoms with van der Waals surface area (Å²) in [6.45, 7) is 3.34. The van der Waals surface area contributed by atoms with E-state index in [9.17, 15) is 13.2 Å². The molecule has 0 spiro atoms. The molecule has 0 N–H and O–H groups in total. The topological polar surface area (TPSA) is 25.8 Å². The van der Waals surface area contributed by atoms with Gasteiger partial charge in [0, 0.05) is 11.1 Å². The number of hydrogen-bond acceptors (Lipinski definition) is 2. The first-order valence-electron chi connectivity index (χ1n) is 5.46. The third-order valence-electron chi connectivity index (χ3n) is 2.83. The summed E-state index contributed by atoms with van der Waals surface area (Å²) in [5.74, 6) is 0. The highest BCUT2D eigenvalue weighted by Crippen LogP contribution is 2.34. The number of hydrogen-bond donors (Lipinski definition) is 0. The zero-order chi connectivity index (χ0) is 14.2. The largest absolute Gasteiger partial charge is 0.416 e. The number of nitrogens with zero attached hydrogens (tertiary/aromatic N) is 2. The van der Waals surface area contributed by atoms with Gasteiger partial charge in [0.2, 0.25) is 0 Å². The Morgan fingerprint density at radius 2 is 1.79 bits per heavy atom. The van der Waals surface area contributed by atoms with E-state index >= 15 is 0 Å². The number of rotatable bonds is 1. The van der Waals surface area contributed by atoms with Gasteiger partial charge in [-0.3, -0.25) is 0 Å². The third-order valence-corrected chi connectivity index (χ3v) is 3.21. The zero-order valence-electron chi connectivity index (χ0n) is 10.2. The highest BCUT2D eigenvalue weighted by molar-refractivity contribution is 6.30. The molecule has 19 heavy (non-hydrogen) atoms. The Labute approximate surface area is 113 Å². The molecule has 0 radical (unpaired) electrons. The van der Waals surface area contributed by atoms with Crippen molar-refractivity contribution in [3.8, 4) is 11.3 Å². The van der Waals surface area contributed by atoms with Gasteiger partial charge in [0.25, 0.3) is 0 Å². The molecule has 1 aromatic carbocycles. The predicted octanol–water partition coefficient (Wildman–Crippen LogP) is 4.43. The van der Waals surface area contributed by atoms with Crippen LogP contribution in [0.3, 0.4) is 0 Å². The first kappa shape index (κ1) is 13.8. The summed E-state index contributed by atoms with van der Waals surface area (Å²) >= 11 is 5.89. The van der Waals surface area contributed by atoms with Gasteiger partial charge in [-0.25, -0.2) is 9.97 Å². The molecule has 0 aliphatic rings. The van der Waals surface area contributed by atoms with Gasteiger partial charge in [-0.15, -0.1) is 0 Å². The maximum Gasteiger partial charge on any atom is 0.416 e. The molecule has 2 rings (SSSR count). The van der Waals surface area contributed by atoms with E-state index in [1.54, 1.807) is 13.8 Å². The normalized spacial score (nSPS) is 11.7. The number of halogens is 4. The fraction of sp³-hybridized carbons (Fsp3) is 0.231. The maximum atomic E-state index is 12.6. The molecule has 0 saturated carbocycles. The van der Waals surface area contributed by atoms with E-state index in [2.05, 4.69) is 9.97 Å². The maximum absolute atomic E-state index is 12.6. The lowest BCUT2D eigenvalue weighted by molar-refractivity contribution is -0.137. The second-order valence-electron chi connectivity index (χ2n) is 4.17. The highest BCUT2D eigenvalue weighted by Gasteiger charge is 2.30. The molecule has 0 atom stereocenters. The highest BCUT2D eigenvalue weighted by atomic mass is 35.5. The molecule has 0 aliphatic heterocycles. The lowest BCUT2D eigenvalue weighted by atomic mass is 10.00. The van der Waals surface area contributed by atoms with Crippen molar-refractivity contribution in [3.05, 3.63) is 46.4 Å². The summed E-state index contributed by atoms with van der Waals surface area (Å²) in [5, 5.41) is 0.296. The van der Waals surface area contributed by atoms with Crippen LogP contribution in [0.5, 0.6) is 0 Å². The van der Waals surface area contributed by atoms with Crippen molar-refractivity contribution in [2.45, 2.75) is 20.0 Å². The van der Waals surface area contributed by atoms with Gasteiger partial charge in [0.15, 0.2) is 0 Å². The number of aryl methyl sites for hydroxylation is 1. The first-order chi connectivity index (χ1) is 8.80. The predicted molar refractivity (Wildman–Crippen MR) is 67.0 cm³/mol. The summed E-state index contributed by atoms with van der Waals surface area (Å²) in [7, 11) is 0. The summed E-state index contributed by atoms with van der Waals surface area (Å²) in [5.41, 5.74) is 1.63. The van der Waals surface area contributed by atoms with Gasteiger partial charge in [0.1, 0.15) is 11.5 Å². The zero-order valence-corrected chi connectivity index (χ0v) is 11.0. The van der Waals surface area contributed by atoms with Crippen molar-refractivity contribution in [1.29, 1.82) is 0 Å². The lowest BCUT2D eigenvalue weighted by Gasteiger charge is -2.12. The van der Waals surface area contributed by atoms with E-state index in [1.807, 2.05) is 0 Å². The Morgan fingerprint density at radius 3 is 2.37 bits per heavy atom. The molecule has 0 unspecified atom stereocenters. The molecule has 6 heteroatoms. The van der Waals surface area contributed by atoms with E-state index < -0.39 is 11.7 Å². The Balaban J connectivity index is 2.56. The second kappa shape index (κ2) is 4.81. The van der Waals surface area contributed by atoms with Crippen molar-refractivity contribution >= 4 is 11.6 Å². The van der Waals surface area contributed by atoms with E-state index in [0.717, 1.165) is 12.1 Å². The average molecular weight is 287 g/mol. The van der Waals surface area contributed by atoms with Crippen LogP contribution in [-0.4, -0.2) is 9.97 Å². The van der Waals surface area contributed by atoms with Crippen LogP contribution in [0.2, 0.25) is 5.15 Å². The van der Waals surface area contributed by atoms with Crippen LogP contribution in [0.15, 0.2) is 24.5 Å². The van der Waals surface area contributed by atoms with Crippen LogP contribution in [0, 0.1) is 13.8 Å². The fourth-order valence-corrected chi connectivity index (χ4v) is 1.94. The first-order valence-corrected chi connectivity index (χ1v) is 5.84. The van der Waals surface area contributed by atoms with Crippen molar-refractivity contribution in [3.63, 3.8) is 0 Å². The third kappa shape index (κ3) is 2.71. The minimum atomic E-state index is -4.35. The van der Waals surface area contributed by atoms with Crippen molar-refractivity contribution in [2.24, 2.45) is 0 Å². The van der Waals surface area contributed by atoms with E-state index in [0.29, 0.717) is 27.5 Å².